The lowest BCUT2D eigenvalue weighted by molar-refractivity contribution is 0.203. The van der Waals surface area contributed by atoms with E-state index in [9.17, 15) is 8.42 Å². The number of methoxy groups -OCH3 is 1. The molecule has 1 rings (SSSR count). The second-order valence-corrected chi connectivity index (χ2v) is 7.90. The van der Waals surface area contributed by atoms with Crippen molar-refractivity contribution in [2.24, 2.45) is 4.99 Å². The number of rotatable bonds is 7. The average Bonchev–Trinajstić information content (AvgIpc) is 2.92. The van der Waals surface area contributed by atoms with Crippen LogP contribution in [0.25, 0.3) is 0 Å². The lowest BCUT2D eigenvalue weighted by atomic mass is 10.5. The van der Waals surface area contributed by atoms with Crippen molar-refractivity contribution in [2.75, 3.05) is 41.4 Å². The molecular weight excluding hydrogens is 312 g/mol. The van der Waals surface area contributed by atoms with Crippen molar-refractivity contribution < 1.29 is 13.2 Å². The molecule has 9 heteroatoms. The maximum atomic E-state index is 12.0. The quantitative estimate of drug-likeness (QED) is 0.426. The van der Waals surface area contributed by atoms with E-state index in [1.54, 1.807) is 26.3 Å². The summed E-state index contributed by atoms with van der Waals surface area (Å²) in [7, 11) is 3.00. The summed E-state index contributed by atoms with van der Waals surface area (Å²) in [5.74, 6) is 0.650. The molecule has 0 aliphatic rings. The highest BCUT2D eigenvalue weighted by Crippen LogP contribution is 2.23. The van der Waals surface area contributed by atoms with Crippen molar-refractivity contribution in [3.05, 3.63) is 17.0 Å². The van der Waals surface area contributed by atoms with E-state index < -0.39 is 10.0 Å². The first-order chi connectivity index (χ1) is 9.91. The maximum absolute atomic E-state index is 12.0. The molecule has 0 aliphatic carbocycles. The summed E-state index contributed by atoms with van der Waals surface area (Å²) in [5, 5.41) is 6.21. The SMILES string of the molecule is CN=C(NCCOC)NCc1ccc(S(=O)(=O)N(C)C)s1. The molecule has 2 N–H and O–H groups in total. The van der Waals surface area contributed by atoms with Gasteiger partial charge in [0.25, 0.3) is 10.0 Å². The highest BCUT2D eigenvalue weighted by Gasteiger charge is 2.19. The van der Waals surface area contributed by atoms with Crippen LogP contribution < -0.4 is 10.6 Å². The smallest absolute Gasteiger partial charge is 0.252 e. The molecule has 0 atom stereocenters. The van der Waals surface area contributed by atoms with E-state index in [0.29, 0.717) is 29.9 Å². The first-order valence-electron chi connectivity index (χ1n) is 6.36. The summed E-state index contributed by atoms with van der Waals surface area (Å²) in [4.78, 5) is 5.00. The summed E-state index contributed by atoms with van der Waals surface area (Å²) in [6, 6.07) is 3.43. The van der Waals surface area contributed by atoms with E-state index in [2.05, 4.69) is 15.6 Å². The molecular formula is C12H22N4O3S2. The number of thiophene rings is 1. The van der Waals surface area contributed by atoms with Gasteiger partial charge in [-0.3, -0.25) is 4.99 Å². The Balaban J connectivity index is 2.59. The van der Waals surface area contributed by atoms with Crippen molar-refractivity contribution in [3.8, 4) is 0 Å². The van der Waals surface area contributed by atoms with Crippen molar-refractivity contribution in [1.82, 2.24) is 14.9 Å². The van der Waals surface area contributed by atoms with Crippen molar-refractivity contribution in [2.45, 2.75) is 10.8 Å². The highest BCUT2D eigenvalue weighted by molar-refractivity contribution is 7.91. The van der Waals surface area contributed by atoms with Gasteiger partial charge in [0.15, 0.2) is 5.96 Å². The van der Waals surface area contributed by atoms with Gasteiger partial charge in [0.2, 0.25) is 0 Å². The molecule has 0 saturated heterocycles. The normalized spacial score (nSPS) is 12.7. The minimum Gasteiger partial charge on any atom is -0.383 e. The van der Waals surface area contributed by atoms with E-state index in [4.69, 9.17) is 4.74 Å². The fourth-order valence-electron chi connectivity index (χ4n) is 1.43. The molecule has 0 spiro atoms. The number of ether oxygens (including phenoxy) is 1. The van der Waals surface area contributed by atoms with Crippen LogP contribution in [0.1, 0.15) is 4.88 Å². The predicted octanol–water partition coefficient (Wildman–Crippen LogP) is 0.310. The van der Waals surface area contributed by atoms with Gasteiger partial charge in [-0.05, 0) is 12.1 Å². The summed E-state index contributed by atoms with van der Waals surface area (Å²) >= 11 is 1.25. The predicted molar refractivity (Wildman–Crippen MR) is 85.3 cm³/mol. The molecule has 0 bridgehead atoms. The Kier molecular flexibility index (Phi) is 7.09. The molecule has 0 unspecified atom stereocenters. The van der Waals surface area contributed by atoms with Crippen molar-refractivity contribution >= 4 is 27.3 Å². The van der Waals surface area contributed by atoms with Crippen LogP contribution in [-0.4, -0.2) is 60.1 Å². The monoisotopic (exact) mass is 334 g/mol. The third-order valence-corrected chi connectivity index (χ3v) is 5.99. The van der Waals surface area contributed by atoms with Gasteiger partial charge in [0.1, 0.15) is 4.21 Å². The highest BCUT2D eigenvalue weighted by atomic mass is 32.2. The van der Waals surface area contributed by atoms with Gasteiger partial charge in [-0.2, -0.15) is 0 Å². The fraction of sp³-hybridized carbons (Fsp3) is 0.583. The molecule has 1 aromatic rings. The minimum absolute atomic E-state index is 0.339. The number of hydrogen-bond acceptors (Lipinski definition) is 5. The topological polar surface area (TPSA) is 83.0 Å². The first-order valence-corrected chi connectivity index (χ1v) is 8.62. The molecule has 0 amide bonds. The molecule has 7 nitrogen and oxygen atoms in total. The third kappa shape index (κ3) is 5.27. The summed E-state index contributed by atoms with van der Waals surface area (Å²) in [6.45, 7) is 1.76. The van der Waals surface area contributed by atoms with Crippen LogP contribution in [0, 0.1) is 0 Å². The Morgan fingerprint density at radius 2 is 2.10 bits per heavy atom. The number of sulfonamides is 1. The van der Waals surface area contributed by atoms with Gasteiger partial charge >= 0.3 is 0 Å². The Bertz CT molecular complexity index is 567. The zero-order valence-electron chi connectivity index (χ0n) is 12.7. The number of hydrogen-bond donors (Lipinski definition) is 2. The van der Waals surface area contributed by atoms with Crippen LogP contribution in [-0.2, 0) is 21.3 Å². The Hall–Kier alpha value is -1.16. The second kappa shape index (κ2) is 8.32. The summed E-state index contributed by atoms with van der Waals surface area (Å²) in [5.41, 5.74) is 0. The lowest BCUT2D eigenvalue weighted by Crippen LogP contribution is -2.38. The lowest BCUT2D eigenvalue weighted by Gasteiger charge is -2.10. The molecule has 0 fully saturated rings. The second-order valence-electron chi connectivity index (χ2n) is 4.35. The summed E-state index contributed by atoms with van der Waals surface area (Å²) in [6.07, 6.45) is 0. The van der Waals surface area contributed by atoms with Crippen LogP contribution in [0.2, 0.25) is 0 Å². The van der Waals surface area contributed by atoms with Gasteiger partial charge in [0.05, 0.1) is 13.2 Å². The molecule has 21 heavy (non-hydrogen) atoms. The third-order valence-electron chi connectivity index (χ3n) is 2.62. The van der Waals surface area contributed by atoms with Crippen molar-refractivity contribution in [1.29, 1.82) is 0 Å². The van der Waals surface area contributed by atoms with Gasteiger partial charge in [-0.1, -0.05) is 0 Å². The number of guanidine groups is 1. The zero-order valence-corrected chi connectivity index (χ0v) is 14.3. The minimum atomic E-state index is -3.36. The van der Waals surface area contributed by atoms with E-state index in [1.807, 2.05) is 0 Å². The number of aliphatic imine (C=N–C) groups is 1. The van der Waals surface area contributed by atoms with Crippen LogP contribution in [0.3, 0.4) is 0 Å². The van der Waals surface area contributed by atoms with Crippen molar-refractivity contribution in [3.63, 3.8) is 0 Å². The summed E-state index contributed by atoms with van der Waals surface area (Å²) < 4.78 is 30.5. The molecule has 0 aliphatic heterocycles. The van der Waals surface area contributed by atoms with Gasteiger partial charge in [-0.25, -0.2) is 12.7 Å². The Labute approximate surface area is 130 Å². The zero-order chi connectivity index (χ0) is 15.9. The van der Waals surface area contributed by atoms with E-state index in [0.717, 1.165) is 4.88 Å². The first kappa shape index (κ1) is 17.9. The van der Waals surface area contributed by atoms with Gasteiger partial charge in [0, 0.05) is 39.7 Å². The van der Waals surface area contributed by atoms with Crippen LogP contribution in [0.15, 0.2) is 21.3 Å². The van der Waals surface area contributed by atoms with E-state index >= 15 is 0 Å². The van der Waals surface area contributed by atoms with Crippen LogP contribution in [0.5, 0.6) is 0 Å². The Morgan fingerprint density at radius 3 is 2.67 bits per heavy atom. The van der Waals surface area contributed by atoms with Gasteiger partial charge in [-0.15, -0.1) is 11.3 Å². The standard InChI is InChI=1S/C12H22N4O3S2/c1-13-12(14-7-8-19-4)15-9-10-5-6-11(20-10)21(17,18)16(2)3/h5-6H,7-9H2,1-4H3,(H2,13,14,15). The molecule has 1 aromatic heterocycles. The largest absolute Gasteiger partial charge is 0.383 e. The van der Waals surface area contributed by atoms with Gasteiger partial charge < -0.3 is 15.4 Å². The van der Waals surface area contributed by atoms with Crippen LogP contribution >= 0.6 is 11.3 Å². The van der Waals surface area contributed by atoms with E-state index in [1.165, 1.54) is 29.7 Å². The average molecular weight is 334 g/mol. The molecule has 0 radical (unpaired) electrons. The maximum Gasteiger partial charge on any atom is 0.252 e. The molecule has 0 saturated carbocycles. The molecule has 0 aromatic carbocycles. The number of nitrogens with one attached hydrogen (secondary N) is 2. The van der Waals surface area contributed by atoms with Crippen LogP contribution in [0.4, 0.5) is 0 Å². The van der Waals surface area contributed by atoms with E-state index in [-0.39, 0.29) is 0 Å². The fourth-order valence-corrected chi connectivity index (χ4v) is 3.90. The number of nitrogens with zero attached hydrogens (tertiary/aromatic N) is 2. The molecule has 120 valence electrons. The Morgan fingerprint density at radius 1 is 1.38 bits per heavy atom. The molecule has 1 heterocycles.